The third-order valence-corrected chi connectivity index (χ3v) is 4.62. The standard InChI is InChI=1S/C18H15ClFNO4/c1-25-16(22)7-6-10-8-15(14(20)9-13(10)19)21-17(23)11-4-2-3-5-12(11)18(21)24/h6-9H,2-5H2,1H3. The molecule has 5 nitrogen and oxygen atoms in total. The Bertz CT molecular complexity index is 816. The van der Waals surface area contributed by atoms with Crippen LogP contribution < -0.4 is 4.90 Å². The van der Waals surface area contributed by atoms with Gasteiger partial charge in [-0.2, -0.15) is 0 Å². The molecule has 1 aromatic carbocycles. The van der Waals surface area contributed by atoms with Crippen LogP contribution in [0.3, 0.4) is 0 Å². The minimum absolute atomic E-state index is 0.0539. The summed E-state index contributed by atoms with van der Waals surface area (Å²) in [5.41, 5.74) is 1.07. The Morgan fingerprint density at radius 2 is 1.80 bits per heavy atom. The lowest BCUT2D eigenvalue weighted by molar-refractivity contribution is -0.134. The molecule has 1 aromatic rings. The Balaban J connectivity index is 2.00. The number of hydrogen-bond acceptors (Lipinski definition) is 4. The number of benzene rings is 1. The first-order valence-electron chi connectivity index (χ1n) is 7.80. The minimum atomic E-state index is -0.776. The number of amides is 2. The molecule has 2 amide bonds. The van der Waals surface area contributed by atoms with Crippen LogP contribution in [0.25, 0.3) is 6.08 Å². The highest BCUT2D eigenvalue weighted by Gasteiger charge is 2.40. The Kier molecular flexibility index (Phi) is 4.72. The molecule has 2 aliphatic rings. The Morgan fingerprint density at radius 3 is 2.36 bits per heavy atom. The largest absolute Gasteiger partial charge is 0.466 e. The molecule has 0 aromatic heterocycles. The van der Waals surface area contributed by atoms with Crippen LogP contribution >= 0.6 is 11.6 Å². The molecule has 0 saturated carbocycles. The van der Waals surface area contributed by atoms with E-state index < -0.39 is 23.6 Å². The number of hydrogen-bond donors (Lipinski definition) is 0. The number of methoxy groups -OCH3 is 1. The Labute approximate surface area is 148 Å². The molecule has 1 heterocycles. The van der Waals surface area contributed by atoms with Crippen LogP contribution in [0.2, 0.25) is 5.02 Å². The van der Waals surface area contributed by atoms with Crippen molar-refractivity contribution in [2.24, 2.45) is 0 Å². The molecule has 1 aliphatic carbocycles. The van der Waals surface area contributed by atoms with Gasteiger partial charge in [-0.05, 0) is 49.5 Å². The van der Waals surface area contributed by atoms with Gasteiger partial charge >= 0.3 is 5.97 Å². The number of carbonyl (C=O) groups excluding carboxylic acids is 3. The van der Waals surface area contributed by atoms with Gasteiger partial charge in [-0.1, -0.05) is 11.6 Å². The summed E-state index contributed by atoms with van der Waals surface area (Å²) in [4.78, 5) is 37.2. The predicted molar refractivity (Wildman–Crippen MR) is 90.4 cm³/mol. The quantitative estimate of drug-likeness (QED) is 0.469. The molecule has 0 radical (unpaired) electrons. The molecule has 0 spiro atoms. The van der Waals surface area contributed by atoms with E-state index in [9.17, 15) is 18.8 Å². The lowest BCUT2D eigenvalue weighted by Crippen LogP contribution is -2.32. The molecular formula is C18H15ClFNO4. The zero-order valence-electron chi connectivity index (χ0n) is 13.5. The van der Waals surface area contributed by atoms with Crippen molar-refractivity contribution < 1.29 is 23.5 Å². The summed E-state index contributed by atoms with van der Waals surface area (Å²) in [5, 5.41) is 0.0539. The van der Waals surface area contributed by atoms with Gasteiger partial charge in [0, 0.05) is 17.2 Å². The Hall–Kier alpha value is -2.47. The summed E-state index contributed by atoms with van der Waals surface area (Å²) < 4.78 is 18.9. The first-order valence-corrected chi connectivity index (χ1v) is 8.17. The normalized spacial score (nSPS) is 17.5. The van der Waals surface area contributed by atoms with Crippen LogP contribution in [-0.2, 0) is 19.1 Å². The molecule has 25 heavy (non-hydrogen) atoms. The SMILES string of the molecule is COC(=O)C=Cc1cc(N2C(=O)C3=C(CCCC3)C2=O)c(F)cc1Cl. The van der Waals surface area contributed by atoms with Gasteiger partial charge in [0.15, 0.2) is 0 Å². The van der Waals surface area contributed by atoms with Crippen molar-refractivity contribution in [2.45, 2.75) is 25.7 Å². The van der Waals surface area contributed by atoms with Gasteiger partial charge in [-0.3, -0.25) is 9.59 Å². The highest BCUT2D eigenvalue weighted by molar-refractivity contribution is 6.34. The molecule has 0 N–H and O–H groups in total. The molecule has 0 bridgehead atoms. The van der Waals surface area contributed by atoms with Crippen LogP contribution in [0.1, 0.15) is 31.2 Å². The average Bonchev–Trinajstić information content (AvgIpc) is 2.86. The topological polar surface area (TPSA) is 63.7 Å². The molecule has 0 atom stereocenters. The van der Waals surface area contributed by atoms with Crippen molar-refractivity contribution in [3.63, 3.8) is 0 Å². The van der Waals surface area contributed by atoms with Crippen LogP contribution in [0.4, 0.5) is 10.1 Å². The lowest BCUT2D eigenvalue weighted by Gasteiger charge is -2.17. The zero-order chi connectivity index (χ0) is 18.1. The predicted octanol–water partition coefficient (Wildman–Crippen LogP) is 3.41. The van der Waals surface area contributed by atoms with E-state index in [1.165, 1.54) is 19.3 Å². The highest BCUT2D eigenvalue weighted by Crippen LogP contribution is 2.38. The van der Waals surface area contributed by atoms with E-state index in [-0.39, 0.29) is 10.7 Å². The van der Waals surface area contributed by atoms with E-state index in [4.69, 9.17) is 11.6 Å². The van der Waals surface area contributed by atoms with Crippen LogP contribution in [0.15, 0.2) is 29.4 Å². The van der Waals surface area contributed by atoms with Gasteiger partial charge in [0.2, 0.25) is 0 Å². The summed E-state index contributed by atoms with van der Waals surface area (Å²) in [5.74, 6) is -2.35. The van der Waals surface area contributed by atoms with Crippen LogP contribution in [0.5, 0.6) is 0 Å². The molecule has 0 saturated heterocycles. The van der Waals surface area contributed by atoms with Crippen molar-refractivity contribution in [3.8, 4) is 0 Å². The Morgan fingerprint density at radius 1 is 1.20 bits per heavy atom. The summed E-state index contributed by atoms with van der Waals surface area (Å²) in [6, 6.07) is 2.30. The molecule has 3 rings (SSSR count). The number of anilines is 1. The summed E-state index contributed by atoms with van der Waals surface area (Å²) in [7, 11) is 1.22. The van der Waals surface area contributed by atoms with E-state index in [2.05, 4.69) is 4.74 Å². The van der Waals surface area contributed by atoms with Crippen molar-refractivity contribution in [2.75, 3.05) is 12.0 Å². The highest BCUT2D eigenvalue weighted by atomic mass is 35.5. The van der Waals surface area contributed by atoms with Gasteiger partial charge in [0.25, 0.3) is 11.8 Å². The second-order valence-corrected chi connectivity index (χ2v) is 6.20. The van der Waals surface area contributed by atoms with Crippen molar-refractivity contribution in [1.82, 2.24) is 0 Å². The number of ether oxygens (including phenoxy) is 1. The van der Waals surface area contributed by atoms with Gasteiger partial charge in [0.1, 0.15) is 5.82 Å². The first kappa shape index (κ1) is 17.4. The van der Waals surface area contributed by atoms with E-state index in [0.29, 0.717) is 29.6 Å². The third-order valence-electron chi connectivity index (χ3n) is 4.30. The molecule has 1 aliphatic heterocycles. The van der Waals surface area contributed by atoms with Crippen LogP contribution in [0, 0.1) is 5.82 Å². The van der Waals surface area contributed by atoms with E-state index in [1.54, 1.807) is 0 Å². The van der Waals surface area contributed by atoms with Gasteiger partial charge in [-0.25, -0.2) is 14.1 Å². The number of nitrogens with zero attached hydrogens (tertiary/aromatic N) is 1. The number of halogens is 2. The summed E-state index contributed by atoms with van der Waals surface area (Å²) >= 11 is 5.99. The maximum Gasteiger partial charge on any atom is 0.330 e. The number of rotatable bonds is 3. The summed E-state index contributed by atoms with van der Waals surface area (Å²) in [6.07, 6.45) is 5.19. The smallest absolute Gasteiger partial charge is 0.330 e. The zero-order valence-corrected chi connectivity index (χ0v) is 14.2. The fraction of sp³-hybridized carbons (Fsp3) is 0.278. The number of carbonyl (C=O) groups is 3. The second-order valence-electron chi connectivity index (χ2n) is 5.79. The third kappa shape index (κ3) is 3.09. The summed E-state index contributed by atoms with van der Waals surface area (Å²) in [6.45, 7) is 0. The monoisotopic (exact) mass is 363 g/mol. The number of esters is 1. The second kappa shape index (κ2) is 6.80. The first-order chi connectivity index (χ1) is 11.9. The van der Waals surface area contributed by atoms with Gasteiger partial charge in [-0.15, -0.1) is 0 Å². The van der Waals surface area contributed by atoms with E-state index >= 15 is 0 Å². The lowest BCUT2D eigenvalue weighted by atomic mass is 9.93. The minimum Gasteiger partial charge on any atom is -0.466 e. The van der Waals surface area contributed by atoms with Gasteiger partial charge in [0.05, 0.1) is 17.8 Å². The maximum atomic E-state index is 14.4. The average molecular weight is 364 g/mol. The van der Waals surface area contributed by atoms with E-state index in [0.717, 1.165) is 29.9 Å². The molecular weight excluding hydrogens is 349 g/mol. The van der Waals surface area contributed by atoms with Crippen molar-refractivity contribution in [1.29, 1.82) is 0 Å². The molecule has 7 heteroatoms. The fourth-order valence-corrected chi connectivity index (χ4v) is 3.25. The fourth-order valence-electron chi connectivity index (χ4n) is 3.04. The molecule has 130 valence electrons. The molecule has 0 fully saturated rings. The van der Waals surface area contributed by atoms with Crippen LogP contribution in [-0.4, -0.2) is 24.9 Å². The number of imide groups is 1. The van der Waals surface area contributed by atoms with Crippen molar-refractivity contribution in [3.05, 3.63) is 45.8 Å². The van der Waals surface area contributed by atoms with Gasteiger partial charge < -0.3 is 4.74 Å². The molecule has 0 unspecified atom stereocenters. The van der Waals surface area contributed by atoms with E-state index in [1.807, 2.05) is 0 Å². The maximum absolute atomic E-state index is 14.4. The van der Waals surface area contributed by atoms with Crippen molar-refractivity contribution >= 4 is 41.1 Å².